The van der Waals surface area contributed by atoms with Gasteiger partial charge in [0, 0.05) is 22.0 Å². The van der Waals surface area contributed by atoms with Crippen LogP contribution in [0.25, 0.3) is 27.5 Å². The molecular formula is C21H15F3N2O. The number of aromatic nitrogens is 1. The number of benzene rings is 3. The number of hydrogen-bond donors (Lipinski definition) is 1. The molecule has 4 rings (SSSR count). The predicted molar refractivity (Wildman–Crippen MR) is 99.0 cm³/mol. The van der Waals surface area contributed by atoms with Gasteiger partial charge in [0.25, 0.3) is 0 Å². The first-order chi connectivity index (χ1) is 12.8. The monoisotopic (exact) mass is 368 g/mol. The van der Waals surface area contributed by atoms with E-state index in [1.807, 2.05) is 29.7 Å². The Hall–Kier alpha value is -3.28. The standard InChI is InChI=1S/C21H15F3N2O/c1-12-2-8-18-16(10-12)17-11-13(20(25)27)3-9-19(17)26(18)15-6-4-14(5-7-15)21(22,23)24/h2-11H,1H3,(H2,25,27). The molecule has 1 aromatic heterocycles. The van der Waals surface area contributed by atoms with Gasteiger partial charge in [-0.15, -0.1) is 0 Å². The summed E-state index contributed by atoms with van der Waals surface area (Å²) in [6.45, 7) is 1.96. The SMILES string of the molecule is Cc1ccc2c(c1)c1cc(C(N)=O)ccc1n2-c1ccc(C(F)(F)F)cc1. The minimum absolute atomic E-state index is 0.385. The Bertz CT molecular complexity index is 1190. The number of alkyl halides is 3. The first kappa shape index (κ1) is 17.1. The van der Waals surface area contributed by atoms with E-state index < -0.39 is 17.6 Å². The smallest absolute Gasteiger partial charge is 0.366 e. The second kappa shape index (κ2) is 5.87. The lowest BCUT2D eigenvalue weighted by Crippen LogP contribution is -2.10. The Morgan fingerprint density at radius 2 is 1.48 bits per heavy atom. The van der Waals surface area contributed by atoms with Gasteiger partial charge in [0.15, 0.2) is 0 Å². The number of carbonyl (C=O) groups is 1. The van der Waals surface area contributed by atoms with Crippen LogP contribution in [0.1, 0.15) is 21.5 Å². The number of hydrogen-bond acceptors (Lipinski definition) is 1. The number of rotatable bonds is 2. The van der Waals surface area contributed by atoms with E-state index in [0.29, 0.717) is 11.3 Å². The number of fused-ring (bicyclic) bond motifs is 3. The van der Waals surface area contributed by atoms with Crippen molar-refractivity contribution in [3.05, 3.63) is 77.4 Å². The number of halogens is 3. The zero-order chi connectivity index (χ0) is 19.3. The van der Waals surface area contributed by atoms with Crippen LogP contribution >= 0.6 is 0 Å². The molecule has 4 aromatic rings. The van der Waals surface area contributed by atoms with Gasteiger partial charge in [-0.2, -0.15) is 13.2 Å². The molecule has 0 aliphatic heterocycles. The highest BCUT2D eigenvalue weighted by Crippen LogP contribution is 2.35. The molecule has 0 atom stereocenters. The Morgan fingerprint density at radius 3 is 2.07 bits per heavy atom. The average molecular weight is 368 g/mol. The molecule has 27 heavy (non-hydrogen) atoms. The maximum atomic E-state index is 12.9. The summed E-state index contributed by atoms with van der Waals surface area (Å²) in [4.78, 5) is 11.6. The fraction of sp³-hybridized carbons (Fsp3) is 0.0952. The van der Waals surface area contributed by atoms with Gasteiger partial charge in [0.2, 0.25) is 5.91 Å². The highest BCUT2D eigenvalue weighted by atomic mass is 19.4. The summed E-state index contributed by atoms with van der Waals surface area (Å²) in [6, 6.07) is 16.0. The topological polar surface area (TPSA) is 48.0 Å². The number of aryl methyl sites for hydroxylation is 1. The summed E-state index contributed by atoms with van der Waals surface area (Å²) in [5, 5.41) is 1.73. The van der Waals surface area contributed by atoms with E-state index in [2.05, 4.69) is 0 Å². The first-order valence-corrected chi connectivity index (χ1v) is 8.28. The number of amides is 1. The molecule has 6 heteroatoms. The minimum Gasteiger partial charge on any atom is -0.366 e. The summed E-state index contributed by atoms with van der Waals surface area (Å²) < 4.78 is 40.5. The predicted octanol–water partition coefficient (Wildman–Crippen LogP) is 5.21. The lowest BCUT2D eigenvalue weighted by Gasteiger charge is -2.11. The molecule has 0 fully saturated rings. The van der Waals surface area contributed by atoms with Crippen molar-refractivity contribution in [3.63, 3.8) is 0 Å². The maximum Gasteiger partial charge on any atom is 0.416 e. The van der Waals surface area contributed by atoms with Crippen molar-refractivity contribution in [1.82, 2.24) is 4.57 Å². The van der Waals surface area contributed by atoms with Crippen LogP contribution in [0.5, 0.6) is 0 Å². The van der Waals surface area contributed by atoms with Gasteiger partial charge in [-0.1, -0.05) is 11.6 Å². The van der Waals surface area contributed by atoms with E-state index in [9.17, 15) is 18.0 Å². The van der Waals surface area contributed by atoms with Gasteiger partial charge >= 0.3 is 6.18 Å². The van der Waals surface area contributed by atoms with E-state index >= 15 is 0 Å². The molecule has 0 saturated carbocycles. The quantitative estimate of drug-likeness (QED) is 0.519. The summed E-state index contributed by atoms with van der Waals surface area (Å²) in [7, 11) is 0. The lowest BCUT2D eigenvalue weighted by molar-refractivity contribution is -0.137. The summed E-state index contributed by atoms with van der Waals surface area (Å²) >= 11 is 0. The van der Waals surface area contributed by atoms with Gasteiger partial charge in [-0.25, -0.2) is 0 Å². The third kappa shape index (κ3) is 2.83. The van der Waals surface area contributed by atoms with Crippen molar-refractivity contribution in [2.75, 3.05) is 0 Å². The van der Waals surface area contributed by atoms with Crippen LogP contribution in [-0.4, -0.2) is 10.5 Å². The van der Waals surface area contributed by atoms with E-state index in [4.69, 9.17) is 5.73 Å². The molecule has 0 unspecified atom stereocenters. The van der Waals surface area contributed by atoms with Crippen LogP contribution < -0.4 is 5.73 Å². The third-order valence-corrected chi connectivity index (χ3v) is 4.66. The molecule has 0 spiro atoms. The summed E-state index contributed by atoms with van der Waals surface area (Å²) in [5.41, 5.74) is 8.38. The third-order valence-electron chi connectivity index (χ3n) is 4.66. The van der Waals surface area contributed by atoms with Crippen molar-refractivity contribution in [1.29, 1.82) is 0 Å². The van der Waals surface area contributed by atoms with Gasteiger partial charge in [-0.05, 0) is 61.5 Å². The Balaban J connectivity index is 2.03. The van der Waals surface area contributed by atoms with Crippen molar-refractivity contribution < 1.29 is 18.0 Å². The summed E-state index contributed by atoms with van der Waals surface area (Å²) in [6.07, 6.45) is -4.38. The highest BCUT2D eigenvalue weighted by molar-refractivity contribution is 6.11. The molecule has 3 aromatic carbocycles. The molecule has 2 N–H and O–H groups in total. The molecule has 0 aliphatic carbocycles. The van der Waals surface area contributed by atoms with E-state index in [1.165, 1.54) is 12.1 Å². The second-order valence-corrected chi connectivity index (χ2v) is 6.50. The van der Waals surface area contributed by atoms with Gasteiger partial charge < -0.3 is 10.3 Å². The van der Waals surface area contributed by atoms with E-state index in [-0.39, 0.29) is 0 Å². The van der Waals surface area contributed by atoms with Gasteiger partial charge in [-0.3, -0.25) is 4.79 Å². The Labute approximate surface area is 152 Å². The van der Waals surface area contributed by atoms with Crippen molar-refractivity contribution in [2.24, 2.45) is 5.73 Å². The highest BCUT2D eigenvalue weighted by Gasteiger charge is 2.30. The zero-order valence-electron chi connectivity index (χ0n) is 14.3. The first-order valence-electron chi connectivity index (χ1n) is 8.28. The molecule has 0 aliphatic rings. The number of nitrogens with two attached hydrogens (primary N) is 1. The van der Waals surface area contributed by atoms with Crippen LogP contribution in [-0.2, 0) is 6.18 Å². The molecule has 136 valence electrons. The van der Waals surface area contributed by atoms with Gasteiger partial charge in [0.1, 0.15) is 0 Å². The van der Waals surface area contributed by atoms with Crippen molar-refractivity contribution in [3.8, 4) is 5.69 Å². The zero-order valence-corrected chi connectivity index (χ0v) is 14.3. The van der Waals surface area contributed by atoms with Crippen LogP contribution in [0.2, 0.25) is 0 Å². The minimum atomic E-state index is -4.38. The summed E-state index contributed by atoms with van der Waals surface area (Å²) in [5.74, 6) is -0.528. The van der Waals surface area contributed by atoms with Crippen molar-refractivity contribution >= 4 is 27.7 Å². The van der Waals surface area contributed by atoms with Crippen LogP contribution in [0.15, 0.2) is 60.7 Å². The van der Waals surface area contributed by atoms with E-state index in [1.54, 1.807) is 18.2 Å². The molecule has 1 heterocycles. The number of carbonyl (C=O) groups excluding carboxylic acids is 1. The van der Waals surface area contributed by atoms with E-state index in [0.717, 1.165) is 39.5 Å². The maximum absolute atomic E-state index is 12.9. The molecule has 0 radical (unpaired) electrons. The fourth-order valence-electron chi connectivity index (χ4n) is 3.37. The lowest BCUT2D eigenvalue weighted by atomic mass is 10.1. The molecule has 0 saturated heterocycles. The largest absolute Gasteiger partial charge is 0.416 e. The fourth-order valence-corrected chi connectivity index (χ4v) is 3.37. The molecular weight excluding hydrogens is 353 g/mol. The Morgan fingerprint density at radius 1 is 0.889 bits per heavy atom. The number of nitrogens with zero attached hydrogens (tertiary/aromatic N) is 1. The van der Waals surface area contributed by atoms with Crippen LogP contribution in [0.4, 0.5) is 13.2 Å². The molecule has 0 bridgehead atoms. The Kier molecular flexibility index (Phi) is 3.73. The average Bonchev–Trinajstić information content (AvgIpc) is 2.94. The van der Waals surface area contributed by atoms with Crippen LogP contribution in [0, 0.1) is 6.92 Å². The molecule has 3 nitrogen and oxygen atoms in total. The molecule has 1 amide bonds. The van der Waals surface area contributed by atoms with Gasteiger partial charge in [0.05, 0.1) is 16.6 Å². The van der Waals surface area contributed by atoms with Crippen LogP contribution in [0.3, 0.4) is 0 Å². The van der Waals surface area contributed by atoms with Crippen molar-refractivity contribution in [2.45, 2.75) is 13.1 Å². The normalized spacial score (nSPS) is 12.0. The second-order valence-electron chi connectivity index (χ2n) is 6.50. The number of primary amides is 1.